The molecule has 2 N–H and O–H groups in total. The second-order valence-corrected chi connectivity index (χ2v) is 8.57. The number of hydrogen-bond acceptors (Lipinski definition) is 8. The van der Waals surface area contributed by atoms with E-state index < -0.39 is 40.2 Å². The van der Waals surface area contributed by atoms with E-state index in [0.29, 0.717) is 23.4 Å². The first-order chi connectivity index (χ1) is 18.5. The fourth-order valence-corrected chi connectivity index (χ4v) is 4.01. The lowest BCUT2D eigenvalue weighted by Crippen LogP contribution is -2.40. The van der Waals surface area contributed by atoms with Crippen LogP contribution in [0.1, 0.15) is 11.1 Å². The van der Waals surface area contributed by atoms with Crippen LogP contribution in [0, 0.1) is 38.7 Å². The number of alkyl halides is 3. The van der Waals surface area contributed by atoms with Crippen LogP contribution < -0.4 is 15.5 Å². The number of nitro groups is 1. The second-order valence-electron chi connectivity index (χ2n) is 8.16. The molecule has 39 heavy (non-hydrogen) atoms. The second kappa shape index (κ2) is 10.8. The lowest BCUT2D eigenvalue weighted by atomic mass is 9.95. The average molecular weight is 553 g/mol. The van der Waals surface area contributed by atoms with Gasteiger partial charge in [-0.05, 0) is 48.0 Å². The third-order valence-electron chi connectivity index (χ3n) is 5.66. The van der Waals surface area contributed by atoms with Crippen molar-refractivity contribution in [1.29, 1.82) is 10.5 Å². The van der Waals surface area contributed by atoms with E-state index in [1.54, 1.807) is 24.3 Å². The zero-order chi connectivity index (χ0) is 28.3. The molecule has 0 saturated heterocycles. The lowest BCUT2D eigenvalue weighted by molar-refractivity contribution is -0.385. The maximum Gasteiger partial charge on any atom is 0.416 e. The number of ether oxygens (including phenoxy) is 1. The highest BCUT2D eigenvalue weighted by Crippen LogP contribution is 2.39. The van der Waals surface area contributed by atoms with Gasteiger partial charge in [0.05, 0.1) is 38.6 Å². The number of nitrogens with two attached hydrogens (primary N) is 1. The van der Waals surface area contributed by atoms with Gasteiger partial charge in [0.15, 0.2) is 0 Å². The summed E-state index contributed by atoms with van der Waals surface area (Å²) in [6, 6.07) is 19.0. The van der Waals surface area contributed by atoms with Crippen LogP contribution in [0.5, 0.6) is 11.5 Å². The molecule has 1 aliphatic heterocycles. The summed E-state index contributed by atoms with van der Waals surface area (Å²) < 4.78 is 44.4. The predicted molar refractivity (Wildman–Crippen MR) is 137 cm³/mol. The molecule has 0 amide bonds. The monoisotopic (exact) mass is 552 g/mol. The van der Waals surface area contributed by atoms with Crippen molar-refractivity contribution in [2.75, 3.05) is 5.01 Å². The molecule has 0 unspecified atom stereocenters. The summed E-state index contributed by atoms with van der Waals surface area (Å²) in [6.07, 6.45) is -4.17. The number of hydrogen-bond donors (Lipinski definition) is 1. The van der Waals surface area contributed by atoms with Gasteiger partial charge >= 0.3 is 11.9 Å². The van der Waals surface area contributed by atoms with Gasteiger partial charge < -0.3 is 10.5 Å². The first-order valence-electron chi connectivity index (χ1n) is 11.1. The molecule has 2 atom stereocenters. The Labute approximate surface area is 224 Å². The molecule has 3 aromatic rings. The first-order valence-corrected chi connectivity index (χ1v) is 11.4. The van der Waals surface area contributed by atoms with Crippen molar-refractivity contribution >= 4 is 34.8 Å². The Bertz CT molecular complexity index is 1580. The zero-order valence-electron chi connectivity index (χ0n) is 19.6. The number of allylic oxidation sites excluding steroid dienone is 1. The molecule has 0 fully saturated rings. The number of nitrogens with zero attached hydrogens (tertiary/aromatic N) is 5. The Morgan fingerprint density at radius 2 is 1.82 bits per heavy atom. The van der Waals surface area contributed by atoms with Gasteiger partial charge in [-0.2, -0.15) is 28.8 Å². The molecule has 0 spiro atoms. The largest absolute Gasteiger partial charge is 0.449 e. The van der Waals surface area contributed by atoms with Gasteiger partial charge in [0.2, 0.25) is 5.75 Å². The molecule has 0 bridgehead atoms. The SMILES string of the molecule is N#C/C(=C/c1ccc(Oc2ccc(C(F)(F)F)cc2[N+](=O)[O-])c(Cl)c1)C1=NN(c2ccccc2)[C@@H](N)[C@H]1C#N. The summed E-state index contributed by atoms with van der Waals surface area (Å²) >= 11 is 6.29. The van der Waals surface area contributed by atoms with Gasteiger partial charge in [-0.3, -0.25) is 10.1 Å². The van der Waals surface area contributed by atoms with Crippen LogP contribution in [0.4, 0.5) is 24.5 Å². The molecule has 4 rings (SSSR count). The van der Waals surface area contributed by atoms with Gasteiger partial charge in [0.25, 0.3) is 0 Å². The normalized spacial score (nSPS) is 17.3. The predicted octanol–water partition coefficient (Wildman–Crippen LogP) is 6.27. The van der Waals surface area contributed by atoms with Gasteiger partial charge in [-0.15, -0.1) is 0 Å². The molecule has 13 heteroatoms. The molecular weight excluding hydrogens is 537 g/mol. The number of benzene rings is 3. The highest BCUT2D eigenvalue weighted by atomic mass is 35.5. The summed E-state index contributed by atoms with van der Waals surface area (Å²) in [7, 11) is 0. The minimum absolute atomic E-state index is 0.0388. The van der Waals surface area contributed by atoms with Crippen LogP contribution in [0.3, 0.4) is 0 Å². The van der Waals surface area contributed by atoms with E-state index in [0.717, 1.165) is 6.07 Å². The van der Waals surface area contributed by atoms with E-state index in [2.05, 4.69) is 11.2 Å². The Morgan fingerprint density at radius 3 is 2.41 bits per heavy atom. The summed E-state index contributed by atoms with van der Waals surface area (Å²) in [5.74, 6) is -1.42. The third kappa shape index (κ3) is 5.67. The maximum atomic E-state index is 13.0. The Kier molecular flexibility index (Phi) is 7.54. The number of anilines is 1. The first kappa shape index (κ1) is 27.1. The molecule has 0 saturated carbocycles. The van der Waals surface area contributed by atoms with Crippen molar-refractivity contribution in [2.24, 2.45) is 16.8 Å². The smallest absolute Gasteiger partial charge is 0.416 e. The zero-order valence-corrected chi connectivity index (χ0v) is 20.4. The van der Waals surface area contributed by atoms with Crippen molar-refractivity contribution in [3.8, 4) is 23.6 Å². The Balaban J connectivity index is 1.64. The van der Waals surface area contributed by atoms with Gasteiger partial charge in [0.1, 0.15) is 23.9 Å². The van der Waals surface area contributed by atoms with Crippen LogP contribution in [-0.4, -0.2) is 16.8 Å². The van der Waals surface area contributed by atoms with Crippen molar-refractivity contribution in [2.45, 2.75) is 12.3 Å². The van der Waals surface area contributed by atoms with E-state index in [1.807, 2.05) is 12.1 Å². The van der Waals surface area contributed by atoms with Gasteiger partial charge in [-0.25, -0.2) is 5.01 Å². The van der Waals surface area contributed by atoms with Crippen molar-refractivity contribution in [3.05, 3.63) is 98.6 Å². The molecule has 0 radical (unpaired) electrons. The molecule has 196 valence electrons. The molecule has 0 aliphatic carbocycles. The van der Waals surface area contributed by atoms with E-state index in [1.165, 1.54) is 29.3 Å². The third-order valence-corrected chi connectivity index (χ3v) is 5.96. The quantitative estimate of drug-likeness (QED) is 0.216. The average Bonchev–Trinajstić information content (AvgIpc) is 3.24. The number of rotatable bonds is 6. The number of nitriles is 2. The van der Waals surface area contributed by atoms with E-state index >= 15 is 0 Å². The molecule has 9 nitrogen and oxygen atoms in total. The van der Waals surface area contributed by atoms with Crippen LogP contribution in [-0.2, 0) is 6.18 Å². The van der Waals surface area contributed by atoms with Crippen molar-refractivity contribution in [3.63, 3.8) is 0 Å². The van der Waals surface area contributed by atoms with Crippen LogP contribution in [0.2, 0.25) is 5.02 Å². The summed E-state index contributed by atoms with van der Waals surface area (Å²) in [5, 5.41) is 36.7. The fraction of sp³-hybridized carbons (Fsp3) is 0.115. The van der Waals surface area contributed by atoms with Crippen molar-refractivity contribution < 1.29 is 22.8 Å². The summed E-state index contributed by atoms with van der Waals surface area (Å²) in [4.78, 5) is 10.3. The maximum absolute atomic E-state index is 13.0. The number of para-hydroxylation sites is 1. The molecule has 1 aliphatic rings. The highest BCUT2D eigenvalue weighted by Gasteiger charge is 2.38. The van der Waals surface area contributed by atoms with Crippen LogP contribution >= 0.6 is 11.6 Å². The minimum Gasteiger partial charge on any atom is -0.449 e. The topological polar surface area (TPSA) is 142 Å². The van der Waals surface area contributed by atoms with E-state index in [4.69, 9.17) is 22.1 Å². The summed E-state index contributed by atoms with van der Waals surface area (Å²) in [6.45, 7) is 0. The molecule has 3 aromatic carbocycles. The molecule has 1 heterocycles. The van der Waals surface area contributed by atoms with Crippen LogP contribution in [0.15, 0.2) is 77.4 Å². The van der Waals surface area contributed by atoms with Gasteiger partial charge in [0, 0.05) is 6.07 Å². The highest BCUT2D eigenvalue weighted by molar-refractivity contribution is 6.32. The summed E-state index contributed by atoms with van der Waals surface area (Å²) in [5.41, 5.74) is 5.39. The minimum atomic E-state index is -4.77. The van der Waals surface area contributed by atoms with E-state index in [-0.39, 0.29) is 22.1 Å². The molecule has 0 aromatic heterocycles. The van der Waals surface area contributed by atoms with Gasteiger partial charge in [-0.1, -0.05) is 35.9 Å². The number of nitro benzene ring substituents is 1. The Hall–Kier alpha value is -4.91. The number of halogens is 4. The van der Waals surface area contributed by atoms with Crippen LogP contribution in [0.25, 0.3) is 6.08 Å². The van der Waals surface area contributed by atoms with Crippen molar-refractivity contribution in [1.82, 2.24) is 0 Å². The number of hydrazone groups is 1. The fourth-order valence-electron chi connectivity index (χ4n) is 3.78. The van der Waals surface area contributed by atoms with E-state index in [9.17, 15) is 33.8 Å². The standard InChI is InChI=1S/C26H16ClF3N6O3/c27-20-11-15(6-8-22(20)39-23-9-7-17(26(28,29)30)12-21(23)36(37)38)10-16(13-31)24-19(14-32)25(33)35(34-24)18-4-2-1-3-5-18/h1-12,19,25H,33H2/b16-10-/t19-,25+/m0/s1. The molecular formula is C26H16ClF3N6O3. The Morgan fingerprint density at radius 1 is 1.13 bits per heavy atom. The lowest BCUT2D eigenvalue weighted by Gasteiger charge is -2.21.